The van der Waals surface area contributed by atoms with Crippen LogP contribution in [0.2, 0.25) is 0 Å². The first-order valence-electron chi connectivity index (χ1n) is 9.52. The van der Waals surface area contributed by atoms with Gasteiger partial charge in [-0.25, -0.2) is 4.98 Å². The molecule has 0 saturated heterocycles. The van der Waals surface area contributed by atoms with Gasteiger partial charge in [0.15, 0.2) is 5.78 Å². The molecule has 30 heavy (non-hydrogen) atoms. The molecule has 0 spiro atoms. The lowest BCUT2D eigenvalue weighted by Crippen LogP contribution is -2.02. The number of fused-ring (bicyclic) bond motifs is 1. The quantitative estimate of drug-likeness (QED) is 0.307. The summed E-state index contributed by atoms with van der Waals surface area (Å²) in [5, 5.41) is 0.897. The number of halogens is 1. The van der Waals surface area contributed by atoms with Gasteiger partial charge in [-0.3, -0.25) is 4.79 Å². The number of aryl methyl sites for hydroxylation is 1. The number of methoxy groups -OCH3 is 1. The summed E-state index contributed by atoms with van der Waals surface area (Å²) in [7, 11) is 1.60. The van der Waals surface area contributed by atoms with Crippen LogP contribution in [0.25, 0.3) is 28.1 Å². The highest BCUT2D eigenvalue weighted by Crippen LogP contribution is 2.33. The smallest absolute Gasteiger partial charge is 0.214 e. The molecule has 148 valence electrons. The predicted molar refractivity (Wildman–Crippen MR) is 126 cm³/mol. The number of hydrogen-bond donors (Lipinski definition) is 0. The third-order valence-corrected chi connectivity index (χ3v) is 5.98. The van der Waals surface area contributed by atoms with Crippen LogP contribution >= 0.6 is 15.9 Å². The third kappa shape index (κ3) is 3.79. The second-order valence-corrected chi connectivity index (χ2v) is 7.92. The summed E-state index contributed by atoms with van der Waals surface area (Å²) >= 11 is 3.51. The van der Waals surface area contributed by atoms with Gasteiger partial charge >= 0.3 is 0 Å². The molecule has 1 aromatic heterocycles. The van der Waals surface area contributed by atoms with Crippen molar-refractivity contribution in [2.75, 3.05) is 7.11 Å². The molecule has 4 rings (SSSR count). The van der Waals surface area contributed by atoms with Gasteiger partial charge in [0.25, 0.3) is 0 Å². The van der Waals surface area contributed by atoms with Crippen LogP contribution in [0.5, 0.6) is 5.88 Å². The van der Waals surface area contributed by atoms with E-state index in [1.165, 1.54) is 0 Å². The molecule has 0 saturated carbocycles. The zero-order chi connectivity index (χ0) is 21.3. The molecule has 4 heteroatoms. The molecular weight excluding hydrogens is 438 g/mol. The fourth-order valence-electron chi connectivity index (χ4n) is 3.42. The molecule has 3 aromatic carbocycles. The molecule has 0 N–H and O–H groups in total. The van der Waals surface area contributed by atoms with Crippen molar-refractivity contribution in [3.05, 3.63) is 100 Å². The maximum absolute atomic E-state index is 13.1. The predicted octanol–water partition coefficient (Wildman–Crippen LogP) is 6.86. The highest BCUT2D eigenvalue weighted by Gasteiger charge is 2.15. The van der Waals surface area contributed by atoms with Crippen molar-refractivity contribution >= 4 is 38.7 Å². The molecule has 4 aromatic rings. The lowest BCUT2D eigenvalue weighted by molar-refractivity contribution is 0.103. The number of hydrogen-bond acceptors (Lipinski definition) is 3. The van der Waals surface area contributed by atoms with E-state index in [1.807, 2.05) is 73.7 Å². The topological polar surface area (TPSA) is 39.2 Å². The van der Waals surface area contributed by atoms with Gasteiger partial charge < -0.3 is 4.74 Å². The first-order valence-corrected chi connectivity index (χ1v) is 10.3. The van der Waals surface area contributed by atoms with E-state index in [2.05, 4.69) is 33.6 Å². The molecule has 0 aliphatic carbocycles. The fraction of sp³-hybridized carbons (Fsp3) is 0.0769. The van der Waals surface area contributed by atoms with E-state index >= 15 is 0 Å². The van der Waals surface area contributed by atoms with Crippen molar-refractivity contribution in [1.29, 1.82) is 0 Å². The maximum Gasteiger partial charge on any atom is 0.214 e. The number of benzene rings is 3. The van der Waals surface area contributed by atoms with Crippen LogP contribution < -0.4 is 4.74 Å². The summed E-state index contributed by atoms with van der Waals surface area (Å²) in [6.45, 7) is 5.86. The van der Waals surface area contributed by atoms with Crippen molar-refractivity contribution in [1.82, 2.24) is 4.98 Å². The van der Waals surface area contributed by atoms with E-state index in [4.69, 9.17) is 4.74 Å². The molecule has 0 fully saturated rings. The summed E-state index contributed by atoms with van der Waals surface area (Å²) in [4.78, 5) is 17.7. The number of ketones is 1. The van der Waals surface area contributed by atoms with Gasteiger partial charge in [0.1, 0.15) is 0 Å². The van der Waals surface area contributed by atoms with Gasteiger partial charge in [-0.1, -0.05) is 58.9 Å². The summed E-state index contributed by atoms with van der Waals surface area (Å²) in [5.41, 5.74) is 6.12. The van der Waals surface area contributed by atoms with Crippen molar-refractivity contribution < 1.29 is 9.53 Å². The minimum Gasteiger partial charge on any atom is -0.481 e. The Morgan fingerprint density at radius 3 is 2.53 bits per heavy atom. The van der Waals surface area contributed by atoms with Crippen LogP contribution in [0, 0.1) is 6.92 Å². The fourth-order valence-corrected chi connectivity index (χ4v) is 3.80. The Morgan fingerprint density at radius 1 is 1.03 bits per heavy atom. The van der Waals surface area contributed by atoms with Gasteiger partial charge in [0, 0.05) is 27.1 Å². The summed E-state index contributed by atoms with van der Waals surface area (Å²) in [6, 6.07) is 21.2. The van der Waals surface area contributed by atoms with E-state index in [9.17, 15) is 4.79 Å². The van der Waals surface area contributed by atoms with Crippen LogP contribution in [0.4, 0.5) is 0 Å². The SMILES string of the molecule is C=Cc1cccc(-c2cc(OC)nc3ccc(C(=O)c4ccc(C)c(Br)c4)cc23)c1. The molecule has 0 aliphatic rings. The number of ether oxygens (including phenoxy) is 1. The summed E-state index contributed by atoms with van der Waals surface area (Å²) < 4.78 is 6.33. The number of nitrogens with zero attached hydrogens (tertiary/aromatic N) is 1. The van der Waals surface area contributed by atoms with Gasteiger partial charge in [-0.05, 0) is 59.5 Å². The van der Waals surface area contributed by atoms with Gasteiger partial charge in [-0.2, -0.15) is 0 Å². The molecule has 0 unspecified atom stereocenters. The van der Waals surface area contributed by atoms with E-state index in [0.717, 1.165) is 37.6 Å². The zero-order valence-corrected chi connectivity index (χ0v) is 18.4. The molecular formula is C26H20BrNO2. The van der Waals surface area contributed by atoms with Crippen molar-refractivity contribution in [3.8, 4) is 17.0 Å². The number of aromatic nitrogens is 1. The highest BCUT2D eigenvalue weighted by atomic mass is 79.9. The average molecular weight is 458 g/mol. The number of pyridine rings is 1. The van der Waals surface area contributed by atoms with Crippen molar-refractivity contribution in [3.63, 3.8) is 0 Å². The first-order chi connectivity index (χ1) is 14.5. The van der Waals surface area contributed by atoms with Crippen LogP contribution in [0.3, 0.4) is 0 Å². The Balaban J connectivity index is 1.89. The van der Waals surface area contributed by atoms with Crippen LogP contribution in [0.1, 0.15) is 27.0 Å². The standard InChI is InChI=1S/C26H20BrNO2/c1-4-17-6-5-7-18(12-17)21-15-25(30-3)28-24-11-10-19(13-22(21)24)26(29)20-9-8-16(2)23(27)14-20/h4-15H,1H2,2-3H3. The molecule has 0 atom stereocenters. The average Bonchev–Trinajstić information content (AvgIpc) is 2.79. The summed E-state index contributed by atoms with van der Waals surface area (Å²) in [5.74, 6) is 0.502. The Morgan fingerprint density at radius 2 is 1.80 bits per heavy atom. The molecule has 0 amide bonds. The molecule has 0 aliphatic heterocycles. The molecule has 1 heterocycles. The lowest BCUT2D eigenvalue weighted by atomic mass is 9.95. The van der Waals surface area contributed by atoms with Gasteiger partial charge in [0.05, 0.1) is 12.6 Å². The van der Waals surface area contributed by atoms with E-state index in [-0.39, 0.29) is 5.78 Å². The minimum atomic E-state index is -0.0285. The second kappa shape index (κ2) is 8.25. The summed E-state index contributed by atoms with van der Waals surface area (Å²) in [6.07, 6.45) is 1.81. The maximum atomic E-state index is 13.1. The highest BCUT2D eigenvalue weighted by molar-refractivity contribution is 9.10. The van der Waals surface area contributed by atoms with Crippen LogP contribution in [-0.4, -0.2) is 17.9 Å². The lowest BCUT2D eigenvalue weighted by Gasteiger charge is -2.12. The van der Waals surface area contributed by atoms with Gasteiger partial charge in [0.2, 0.25) is 5.88 Å². The first kappa shape index (κ1) is 20.0. The second-order valence-electron chi connectivity index (χ2n) is 7.07. The van der Waals surface area contributed by atoms with Gasteiger partial charge in [-0.15, -0.1) is 0 Å². The Hall–Kier alpha value is -3.24. The molecule has 0 bridgehead atoms. The van der Waals surface area contributed by atoms with E-state index in [0.29, 0.717) is 17.0 Å². The Labute approximate surface area is 184 Å². The van der Waals surface area contributed by atoms with E-state index in [1.54, 1.807) is 7.11 Å². The monoisotopic (exact) mass is 457 g/mol. The van der Waals surface area contributed by atoms with Crippen LogP contribution in [-0.2, 0) is 0 Å². The number of carbonyl (C=O) groups excluding carboxylic acids is 1. The van der Waals surface area contributed by atoms with Crippen molar-refractivity contribution in [2.24, 2.45) is 0 Å². The molecule has 0 radical (unpaired) electrons. The normalized spacial score (nSPS) is 10.8. The van der Waals surface area contributed by atoms with E-state index < -0.39 is 0 Å². The van der Waals surface area contributed by atoms with Crippen LogP contribution in [0.15, 0.2) is 77.8 Å². The third-order valence-electron chi connectivity index (χ3n) is 5.12. The molecule has 3 nitrogen and oxygen atoms in total. The largest absolute Gasteiger partial charge is 0.481 e. The zero-order valence-electron chi connectivity index (χ0n) is 16.8. The Bertz CT molecular complexity index is 1290. The number of rotatable bonds is 5. The minimum absolute atomic E-state index is 0.0285. The number of carbonyl (C=O) groups is 1. The van der Waals surface area contributed by atoms with Crippen molar-refractivity contribution in [2.45, 2.75) is 6.92 Å². The Kier molecular flexibility index (Phi) is 5.51.